The van der Waals surface area contributed by atoms with Crippen molar-refractivity contribution in [3.63, 3.8) is 0 Å². The number of benzene rings is 2. The molecule has 2 aromatic rings. The van der Waals surface area contributed by atoms with Gasteiger partial charge < -0.3 is 10.4 Å². The number of aliphatic hydroxyl groups excluding tert-OH is 1. The molecular formula is C21H23FN2O2. The summed E-state index contributed by atoms with van der Waals surface area (Å²) in [4.78, 5) is 14.9. The van der Waals surface area contributed by atoms with E-state index in [1.165, 1.54) is 6.07 Å². The van der Waals surface area contributed by atoms with E-state index in [9.17, 15) is 14.3 Å². The molecule has 1 saturated heterocycles. The van der Waals surface area contributed by atoms with Gasteiger partial charge >= 0.3 is 0 Å². The van der Waals surface area contributed by atoms with Gasteiger partial charge in [-0.3, -0.25) is 9.69 Å². The van der Waals surface area contributed by atoms with E-state index < -0.39 is 5.54 Å². The zero-order valence-corrected chi connectivity index (χ0v) is 14.6. The molecule has 4 rings (SSSR count). The summed E-state index contributed by atoms with van der Waals surface area (Å²) in [6.45, 7) is 1.74. The van der Waals surface area contributed by atoms with Crippen molar-refractivity contribution in [1.82, 2.24) is 10.2 Å². The van der Waals surface area contributed by atoms with Crippen LogP contribution in [0.25, 0.3) is 0 Å². The lowest BCUT2D eigenvalue weighted by molar-refractivity contribution is 0.0846. The SMILES string of the molecule is O=C1N[C@]2(CCc3ccccc31)CN(Cc1ccccc1F)C[C@H]2CO. The number of halogens is 1. The molecule has 2 N–H and O–H groups in total. The fourth-order valence-corrected chi connectivity index (χ4v) is 4.40. The van der Waals surface area contributed by atoms with E-state index in [4.69, 9.17) is 0 Å². The average molecular weight is 354 g/mol. The maximum Gasteiger partial charge on any atom is 0.252 e. The Hall–Kier alpha value is -2.24. The molecule has 136 valence electrons. The summed E-state index contributed by atoms with van der Waals surface area (Å²) >= 11 is 0. The van der Waals surface area contributed by atoms with Crippen LogP contribution in [0.5, 0.6) is 0 Å². The van der Waals surface area contributed by atoms with Gasteiger partial charge in [-0.2, -0.15) is 0 Å². The standard InChI is InChI=1S/C21H23FN2O2/c22-19-8-4-2-6-16(19)11-24-12-17(13-25)21(14-24)10-9-15-5-1-3-7-18(15)20(26)23-21/h1-8,17,25H,9-14H2,(H,23,26)/t17-,21+/m0/s1. The van der Waals surface area contributed by atoms with Gasteiger partial charge in [0.1, 0.15) is 5.82 Å². The quantitative estimate of drug-likeness (QED) is 0.890. The molecule has 26 heavy (non-hydrogen) atoms. The summed E-state index contributed by atoms with van der Waals surface area (Å²) < 4.78 is 14.0. The van der Waals surface area contributed by atoms with Gasteiger partial charge in [-0.15, -0.1) is 0 Å². The van der Waals surface area contributed by atoms with Crippen molar-refractivity contribution in [3.05, 3.63) is 71.0 Å². The largest absolute Gasteiger partial charge is 0.396 e. The molecule has 4 nitrogen and oxygen atoms in total. The Balaban J connectivity index is 1.58. The van der Waals surface area contributed by atoms with Crippen LogP contribution in [0.15, 0.2) is 48.5 Å². The van der Waals surface area contributed by atoms with Gasteiger partial charge in [0.2, 0.25) is 0 Å². The van der Waals surface area contributed by atoms with Crippen LogP contribution in [0, 0.1) is 11.7 Å². The summed E-state index contributed by atoms with van der Waals surface area (Å²) in [5.74, 6) is -0.358. The Morgan fingerprint density at radius 3 is 2.77 bits per heavy atom. The van der Waals surface area contributed by atoms with E-state index in [-0.39, 0.29) is 24.2 Å². The molecule has 0 bridgehead atoms. The number of hydrogen-bond acceptors (Lipinski definition) is 3. The van der Waals surface area contributed by atoms with Crippen LogP contribution in [0.1, 0.15) is 27.9 Å². The Bertz CT molecular complexity index is 825. The second-order valence-electron chi connectivity index (χ2n) is 7.41. The average Bonchev–Trinajstić information content (AvgIpc) is 2.91. The topological polar surface area (TPSA) is 52.6 Å². The lowest BCUT2D eigenvalue weighted by Crippen LogP contribution is -2.54. The molecule has 0 aromatic heterocycles. The Morgan fingerprint density at radius 1 is 1.19 bits per heavy atom. The smallest absolute Gasteiger partial charge is 0.252 e. The normalized spacial score (nSPS) is 25.8. The van der Waals surface area contributed by atoms with Crippen molar-refractivity contribution in [2.75, 3.05) is 19.7 Å². The lowest BCUT2D eigenvalue weighted by Gasteiger charge is -2.34. The molecule has 2 aromatic carbocycles. The molecule has 2 atom stereocenters. The van der Waals surface area contributed by atoms with Gasteiger partial charge in [0.25, 0.3) is 5.91 Å². The number of carbonyl (C=O) groups excluding carboxylic acids is 1. The second-order valence-corrected chi connectivity index (χ2v) is 7.41. The minimum absolute atomic E-state index is 0.00436. The Morgan fingerprint density at radius 2 is 1.96 bits per heavy atom. The van der Waals surface area contributed by atoms with Crippen molar-refractivity contribution < 1.29 is 14.3 Å². The zero-order valence-electron chi connectivity index (χ0n) is 14.6. The predicted molar refractivity (Wildman–Crippen MR) is 97.2 cm³/mol. The third-order valence-corrected chi connectivity index (χ3v) is 5.80. The Labute approximate surface area is 152 Å². The zero-order chi connectivity index (χ0) is 18.1. The number of aliphatic hydroxyl groups is 1. The molecule has 1 fully saturated rings. The first kappa shape index (κ1) is 17.2. The van der Waals surface area contributed by atoms with Crippen molar-refractivity contribution in [3.8, 4) is 0 Å². The number of rotatable bonds is 3. The van der Waals surface area contributed by atoms with Crippen LogP contribution in [0.2, 0.25) is 0 Å². The first-order valence-corrected chi connectivity index (χ1v) is 9.08. The molecule has 2 aliphatic rings. The molecule has 0 aliphatic carbocycles. The number of fused-ring (bicyclic) bond motifs is 1. The molecule has 0 radical (unpaired) electrons. The van der Waals surface area contributed by atoms with E-state index in [0.717, 1.165) is 18.4 Å². The van der Waals surface area contributed by atoms with Crippen molar-refractivity contribution in [2.24, 2.45) is 5.92 Å². The van der Waals surface area contributed by atoms with Gasteiger partial charge in [-0.1, -0.05) is 36.4 Å². The van der Waals surface area contributed by atoms with E-state index in [2.05, 4.69) is 10.2 Å². The molecule has 5 heteroatoms. The van der Waals surface area contributed by atoms with Gasteiger partial charge in [-0.25, -0.2) is 4.39 Å². The van der Waals surface area contributed by atoms with Crippen LogP contribution in [0.3, 0.4) is 0 Å². The number of aryl methyl sites for hydroxylation is 1. The number of hydrogen-bond donors (Lipinski definition) is 2. The number of nitrogens with zero attached hydrogens (tertiary/aromatic N) is 1. The highest BCUT2D eigenvalue weighted by atomic mass is 19.1. The first-order valence-electron chi connectivity index (χ1n) is 9.08. The van der Waals surface area contributed by atoms with Crippen LogP contribution < -0.4 is 5.32 Å². The minimum Gasteiger partial charge on any atom is -0.396 e. The fourth-order valence-electron chi connectivity index (χ4n) is 4.40. The minimum atomic E-state index is -0.476. The van der Waals surface area contributed by atoms with Gasteiger partial charge in [0, 0.05) is 43.3 Å². The summed E-state index contributed by atoms with van der Waals surface area (Å²) in [6, 6.07) is 14.4. The first-order chi connectivity index (χ1) is 12.6. The Kier molecular flexibility index (Phi) is 4.51. The highest BCUT2D eigenvalue weighted by Crippen LogP contribution is 2.35. The third-order valence-electron chi connectivity index (χ3n) is 5.80. The lowest BCUT2D eigenvalue weighted by atomic mass is 9.83. The fraction of sp³-hybridized carbons (Fsp3) is 0.381. The molecular weight excluding hydrogens is 331 g/mol. The van der Waals surface area contributed by atoms with Crippen LogP contribution in [0.4, 0.5) is 4.39 Å². The number of likely N-dealkylation sites (tertiary alicyclic amines) is 1. The molecule has 0 unspecified atom stereocenters. The number of amides is 1. The molecule has 1 amide bonds. The van der Waals surface area contributed by atoms with Crippen molar-refractivity contribution >= 4 is 5.91 Å². The van der Waals surface area contributed by atoms with Crippen LogP contribution in [-0.4, -0.2) is 41.1 Å². The van der Waals surface area contributed by atoms with E-state index in [1.54, 1.807) is 12.1 Å². The number of carbonyl (C=O) groups is 1. The maximum absolute atomic E-state index is 14.0. The molecule has 2 aliphatic heterocycles. The van der Waals surface area contributed by atoms with Crippen LogP contribution in [-0.2, 0) is 13.0 Å². The van der Waals surface area contributed by atoms with Gasteiger partial charge in [0.05, 0.1) is 5.54 Å². The van der Waals surface area contributed by atoms with E-state index >= 15 is 0 Å². The monoisotopic (exact) mass is 354 g/mol. The maximum atomic E-state index is 14.0. The second kappa shape index (κ2) is 6.82. The number of nitrogens with one attached hydrogen (secondary N) is 1. The van der Waals surface area contributed by atoms with Gasteiger partial charge in [-0.05, 0) is 30.5 Å². The van der Waals surface area contributed by atoms with Crippen molar-refractivity contribution in [2.45, 2.75) is 24.9 Å². The summed E-state index contributed by atoms with van der Waals surface area (Å²) in [5.41, 5.74) is 1.93. The summed E-state index contributed by atoms with van der Waals surface area (Å²) in [5, 5.41) is 13.2. The molecule has 0 saturated carbocycles. The summed E-state index contributed by atoms with van der Waals surface area (Å²) in [6.07, 6.45) is 1.56. The third kappa shape index (κ3) is 3.02. The highest BCUT2D eigenvalue weighted by Gasteiger charge is 2.48. The molecule has 2 heterocycles. The molecule has 1 spiro atoms. The van der Waals surface area contributed by atoms with Gasteiger partial charge in [0.15, 0.2) is 0 Å². The van der Waals surface area contributed by atoms with Crippen molar-refractivity contribution in [1.29, 1.82) is 0 Å². The highest BCUT2D eigenvalue weighted by molar-refractivity contribution is 5.96. The predicted octanol–water partition coefficient (Wildman–Crippen LogP) is 2.36. The van der Waals surface area contributed by atoms with E-state index in [1.807, 2.05) is 30.3 Å². The summed E-state index contributed by atoms with van der Waals surface area (Å²) in [7, 11) is 0. The van der Waals surface area contributed by atoms with Crippen LogP contribution >= 0.6 is 0 Å². The van der Waals surface area contributed by atoms with E-state index in [0.29, 0.717) is 30.8 Å².